The second-order valence-corrected chi connectivity index (χ2v) is 4.45. The van der Waals surface area contributed by atoms with Gasteiger partial charge in [0.1, 0.15) is 0 Å². The minimum Gasteiger partial charge on any atom is -0.475 e. The van der Waals surface area contributed by atoms with Crippen LogP contribution in [0, 0.1) is 13.8 Å². The smallest absolute Gasteiger partial charge is 0.377 e. The number of Topliss-reactive ketones (excluding diaryl/α,β-unsaturated/α-hetero) is 1. The number of nitrogens with zero attached hydrogens (tertiary/aromatic N) is 2. The van der Waals surface area contributed by atoms with Crippen LogP contribution < -0.4 is 0 Å². The number of hydrogen-bond acceptors (Lipinski definition) is 3. The Morgan fingerprint density at radius 3 is 2.47 bits per heavy atom. The zero-order chi connectivity index (χ0) is 14.2. The molecule has 1 N–H and O–H groups in total. The molecule has 0 spiro atoms. The van der Waals surface area contributed by atoms with Crippen LogP contribution in [-0.2, 0) is 4.79 Å². The summed E-state index contributed by atoms with van der Waals surface area (Å²) in [6.45, 7) is 3.23. The third-order valence-electron chi connectivity index (χ3n) is 2.79. The van der Waals surface area contributed by atoms with E-state index >= 15 is 0 Å². The molecule has 0 fully saturated rings. The number of carbonyl (C=O) groups excluding carboxylic acids is 1. The van der Waals surface area contributed by atoms with Crippen molar-refractivity contribution in [1.29, 1.82) is 0 Å². The second kappa shape index (κ2) is 4.85. The molecular formula is C13H11ClN2O3. The molecule has 98 valence electrons. The number of aromatic nitrogens is 2. The number of para-hydroxylation sites is 1. The van der Waals surface area contributed by atoms with Gasteiger partial charge >= 0.3 is 5.97 Å². The molecule has 2 rings (SSSR count). The molecule has 0 aliphatic heterocycles. The minimum atomic E-state index is -1.50. The topological polar surface area (TPSA) is 72.2 Å². The monoisotopic (exact) mass is 278 g/mol. The van der Waals surface area contributed by atoms with Crippen LogP contribution in [0.1, 0.15) is 21.7 Å². The van der Waals surface area contributed by atoms with Crippen LogP contribution >= 0.6 is 11.6 Å². The standard InChI is InChI=1S/C13H11ClN2O3/c1-7-11(12(17)13(18)19)8(2)16(15-7)10-6-4-3-5-9(10)14/h3-6H,1-2H3,(H,18,19). The Kier molecular flexibility index (Phi) is 3.40. The van der Waals surface area contributed by atoms with Gasteiger partial charge < -0.3 is 5.11 Å². The SMILES string of the molecule is Cc1nn(-c2ccccc2Cl)c(C)c1C(=O)C(=O)O. The maximum Gasteiger partial charge on any atom is 0.377 e. The van der Waals surface area contributed by atoms with Gasteiger partial charge in [0.25, 0.3) is 5.78 Å². The van der Waals surface area contributed by atoms with Gasteiger partial charge in [0.2, 0.25) is 0 Å². The maximum atomic E-state index is 11.6. The quantitative estimate of drug-likeness (QED) is 0.691. The van der Waals surface area contributed by atoms with Gasteiger partial charge in [-0.3, -0.25) is 4.79 Å². The van der Waals surface area contributed by atoms with E-state index in [1.165, 1.54) is 4.68 Å². The summed E-state index contributed by atoms with van der Waals surface area (Å²) in [5, 5.41) is 13.5. The maximum absolute atomic E-state index is 11.6. The normalized spacial score (nSPS) is 10.5. The molecule has 0 saturated heterocycles. The summed E-state index contributed by atoms with van der Waals surface area (Å²) in [6.07, 6.45) is 0. The van der Waals surface area contributed by atoms with Crippen LogP contribution in [-0.4, -0.2) is 26.6 Å². The molecule has 0 bridgehead atoms. The van der Waals surface area contributed by atoms with Crippen molar-refractivity contribution >= 4 is 23.4 Å². The molecular weight excluding hydrogens is 268 g/mol. The summed E-state index contributed by atoms with van der Waals surface area (Å²) in [5.74, 6) is -2.46. The highest BCUT2D eigenvalue weighted by molar-refractivity contribution is 6.40. The van der Waals surface area contributed by atoms with Gasteiger partial charge in [-0.2, -0.15) is 5.10 Å². The Morgan fingerprint density at radius 1 is 1.26 bits per heavy atom. The number of aryl methyl sites for hydroxylation is 1. The van der Waals surface area contributed by atoms with Crippen LogP contribution in [0.4, 0.5) is 0 Å². The first-order valence-electron chi connectivity index (χ1n) is 5.52. The van der Waals surface area contributed by atoms with Gasteiger partial charge in [-0.1, -0.05) is 23.7 Å². The molecule has 1 aromatic heterocycles. The number of ketones is 1. The lowest BCUT2D eigenvalue weighted by atomic mass is 10.1. The van der Waals surface area contributed by atoms with Gasteiger partial charge in [0.15, 0.2) is 0 Å². The lowest BCUT2D eigenvalue weighted by Crippen LogP contribution is -2.14. The predicted molar refractivity (Wildman–Crippen MR) is 70.0 cm³/mol. The summed E-state index contributed by atoms with van der Waals surface area (Å²) >= 11 is 6.07. The highest BCUT2D eigenvalue weighted by Gasteiger charge is 2.24. The molecule has 0 aliphatic rings. The van der Waals surface area contributed by atoms with E-state index < -0.39 is 11.8 Å². The van der Waals surface area contributed by atoms with Gasteiger partial charge in [-0.05, 0) is 26.0 Å². The molecule has 0 amide bonds. The average molecular weight is 279 g/mol. The fourth-order valence-electron chi connectivity index (χ4n) is 1.94. The molecule has 0 atom stereocenters. The largest absolute Gasteiger partial charge is 0.475 e. The molecule has 0 aliphatic carbocycles. The zero-order valence-corrected chi connectivity index (χ0v) is 11.1. The minimum absolute atomic E-state index is 0.104. The van der Waals surface area contributed by atoms with Crippen molar-refractivity contribution in [3.8, 4) is 5.69 Å². The molecule has 6 heteroatoms. The van der Waals surface area contributed by atoms with Crippen molar-refractivity contribution in [3.63, 3.8) is 0 Å². The summed E-state index contributed by atoms with van der Waals surface area (Å²) in [6, 6.07) is 7.01. The first-order chi connectivity index (χ1) is 8.93. The first kappa shape index (κ1) is 13.3. The van der Waals surface area contributed by atoms with Crippen molar-refractivity contribution in [1.82, 2.24) is 9.78 Å². The van der Waals surface area contributed by atoms with Crippen molar-refractivity contribution in [3.05, 3.63) is 46.2 Å². The van der Waals surface area contributed by atoms with E-state index in [2.05, 4.69) is 5.10 Å². The van der Waals surface area contributed by atoms with E-state index in [1.54, 1.807) is 38.1 Å². The van der Waals surface area contributed by atoms with Crippen LogP contribution in [0.5, 0.6) is 0 Å². The molecule has 19 heavy (non-hydrogen) atoms. The third kappa shape index (κ3) is 2.24. The summed E-state index contributed by atoms with van der Waals surface area (Å²) in [5.41, 5.74) is 1.53. The molecule has 0 saturated carbocycles. The number of carboxylic acids is 1. The van der Waals surface area contributed by atoms with E-state index in [0.29, 0.717) is 22.1 Å². The van der Waals surface area contributed by atoms with Gasteiger partial charge in [0, 0.05) is 0 Å². The summed E-state index contributed by atoms with van der Waals surface area (Å²) < 4.78 is 1.48. The van der Waals surface area contributed by atoms with E-state index in [1.807, 2.05) is 0 Å². The number of benzene rings is 1. The summed E-state index contributed by atoms with van der Waals surface area (Å²) in [4.78, 5) is 22.4. The van der Waals surface area contributed by atoms with Crippen LogP contribution in [0.15, 0.2) is 24.3 Å². The Labute approximate surface area is 114 Å². The van der Waals surface area contributed by atoms with E-state index in [4.69, 9.17) is 16.7 Å². The van der Waals surface area contributed by atoms with Crippen LogP contribution in [0.2, 0.25) is 5.02 Å². The molecule has 0 unspecified atom stereocenters. The highest BCUT2D eigenvalue weighted by Crippen LogP contribution is 2.24. The number of carbonyl (C=O) groups is 2. The van der Waals surface area contributed by atoms with E-state index in [9.17, 15) is 9.59 Å². The number of carboxylic acid groups (broad SMARTS) is 1. The van der Waals surface area contributed by atoms with Crippen LogP contribution in [0.25, 0.3) is 5.69 Å². The van der Waals surface area contributed by atoms with Crippen molar-refractivity contribution in [2.75, 3.05) is 0 Å². The fraction of sp³-hybridized carbons (Fsp3) is 0.154. The highest BCUT2D eigenvalue weighted by atomic mass is 35.5. The molecule has 1 heterocycles. The Hall–Kier alpha value is -2.14. The molecule has 0 radical (unpaired) electrons. The van der Waals surface area contributed by atoms with Crippen LogP contribution in [0.3, 0.4) is 0 Å². The van der Waals surface area contributed by atoms with Crippen molar-refractivity contribution < 1.29 is 14.7 Å². The number of aliphatic carboxylic acids is 1. The Balaban J connectivity index is 2.63. The lowest BCUT2D eigenvalue weighted by molar-refractivity contribution is -0.131. The second-order valence-electron chi connectivity index (χ2n) is 4.04. The van der Waals surface area contributed by atoms with Gasteiger partial charge in [0.05, 0.1) is 27.7 Å². The molecule has 5 nitrogen and oxygen atoms in total. The van der Waals surface area contributed by atoms with Crippen molar-refractivity contribution in [2.45, 2.75) is 13.8 Å². The number of hydrogen-bond donors (Lipinski definition) is 1. The first-order valence-corrected chi connectivity index (χ1v) is 5.90. The Morgan fingerprint density at radius 2 is 1.89 bits per heavy atom. The van der Waals surface area contributed by atoms with Gasteiger partial charge in [-0.25, -0.2) is 9.48 Å². The molecule has 2 aromatic rings. The third-order valence-corrected chi connectivity index (χ3v) is 3.11. The lowest BCUT2D eigenvalue weighted by Gasteiger charge is -2.06. The van der Waals surface area contributed by atoms with Crippen molar-refractivity contribution in [2.24, 2.45) is 0 Å². The molecule has 1 aromatic carbocycles. The van der Waals surface area contributed by atoms with E-state index in [-0.39, 0.29) is 5.56 Å². The number of rotatable bonds is 3. The Bertz CT molecular complexity index is 677. The summed E-state index contributed by atoms with van der Waals surface area (Å²) in [7, 11) is 0. The predicted octanol–water partition coefficient (Wildman–Crippen LogP) is 2.41. The number of halogens is 1. The van der Waals surface area contributed by atoms with E-state index in [0.717, 1.165) is 0 Å². The van der Waals surface area contributed by atoms with Gasteiger partial charge in [-0.15, -0.1) is 0 Å². The average Bonchev–Trinajstić information content (AvgIpc) is 2.64. The zero-order valence-electron chi connectivity index (χ0n) is 10.3. The fourth-order valence-corrected chi connectivity index (χ4v) is 2.15.